The maximum absolute atomic E-state index is 12.0. The number of aliphatic hydroxyl groups excluding tert-OH is 1. The van der Waals surface area contributed by atoms with Crippen LogP contribution in [0, 0.1) is 6.92 Å². The molecule has 0 spiro atoms. The monoisotopic (exact) mass is 336 g/mol. The smallest absolute Gasteiger partial charge is 0.240 e. The number of aliphatic hydroxyl groups is 1. The second kappa shape index (κ2) is 6.01. The van der Waals surface area contributed by atoms with Crippen molar-refractivity contribution in [1.29, 1.82) is 0 Å². The van der Waals surface area contributed by atoms with Gasteiger partial charge >= 0.3 is 0 Å². The Bertz CT molecular complexity index is 529. The molecule has 0 aliphatic carbocycles. The van der Waals surface area contributed by atoms with Crippen molar-refractivity contribution in [2.45, 2.75) is 31.3 Å². The quantitative estimate of drug-likeness (QED) is 0.708. The fourth-order valence-corrected chi connectivity index (χ4v) is 3.20. The van der Waals surface area contributed by atoms with Crippen LogP contribution in [0.1, 0.15) is 18.9 Å². The number of hydrogen-bond acceptors (Lipinski definition) is 4. The van der Waals surface area contributed by atoms with Crippen LogP contribution in [0.25, 0.3) is 0 Å². The van der Waals surface area contributed by atoms with Gasteiger partial charge in [0.1, 0.15) is 0 Å². The molecule has 0 saturated heterocycles. The molecule has 0 aliphatic rings. The van der Waals surface area contributed by atoms with Crippen LogP contribution in [0.2, 0.25) is 0 Å². The minimum Gasteiger partial charge on any atom is -0.398 e. The summed E-state index contributed by atoms with van der Waals surface area (Å²) in [6, 6.07) is 3.09. The molecule has 1 rings (SSSR count). The van der Waals surface area contributed by atoms with Crippen LogP contribution < -0.4 is 10.5 Å². The van der Waals surface area contributed by atoms with Gasteiger partial charge < -0.3 is 10.8 Å². The van der Waals surface area contributed by atoms with Gasteiger partial charge in [-0.2, -0.15) is 0 Å². The Hall–Kier alpha value is -0.630. The number of anilines is 1. The fourth-order valence-electron chi connectivity index (χ4n) is 1.44. The summed E-state index contributed by atoms with van der Waals surface area (Å²) in [7, 11) is -3.59. The van der Waals surface area contributed by atoms with Crippen molar-refractivity contribution in [3.05, 3.63) is 22.2 Å². The van der Waals surface area contributed by atoms with Gasteiger partial charge in [-0.05, 0) is 53.9 Å². The Balaban J connectivity index is 2.95. The third-order valence-electron chi connectivity index (χ3n) is 2.44. The Morgan fingerprint density at radius 3 is 2.67 bits per heavy atom. The second-order valence-corrected chi connectivity index (χ2v) is 6.76. The summed E-state index contributed by atoms with van der Waals surface area (Å²) >= 11 is 3.25. The molecule has 0 bridgehead atoms. The van der Waals surface area contributed by atoms with Gasteiger partial charge in [-0.25, -0.2) is 13.1 Å². The summed E-state index contributed by atoms with van der Waals surface area (Å²) in [6.07, 6.45) is -0.173. The molecule has 0 amide bonds. The average molecular weight is 337 g/mol. The molecule has 18 heavy (non-hydrogen) atoms. The molecule has 0 aromatic heterocycles. The van der Waals surface area contributed by atoms with E-state index in [2.05, 4.69) is 20.7 Å². The van der Waals surface area contributed by atoms with Crippen molar-refractivity contribution in [2.24, 2.45) is 0 Å². The van der Waals surface area contributed by atoms with Gasteiger partial charge in [-0.1, -0.05) is 0 Å². The maximum Gasteiger partial charge on any atom is 0.240 e. The predicted molar refractivity (Wildman–Crippen MR) is 74.8 cm³/mol. The second-order valence-electron chi connectivity index (χ2n) is 4.17. The standard InChI is InChI=1S/C11H17BrN2O3S/c1-7-5-9(12)10(13)6-11(7)18(16,17)14-4-3-8(2)15/h5-6,8,14-15H,3-4,13H2,1-2H3. The molecule has 5 nitrogen and oxygen atoms in total. The molecule has 0 saturated carbocycles. The molecule has 102 valence electrons. The van der Waals surface area contributed by atoms with E-state index in [1.54, 1.807) is 19.9 Å². The lowest BCUT2D eigenvalue weighted by Gasteiger charge is -2.11. The highest BCUT2D eigenvalue weighted by Gasteiger charge is 2.18. The van der Waals surface area contributed by atoms with Crippen molar-refractivity contribution in [1.82, 2.24) is 4.72 Å². The number of halogens is 1. The Morgan fingerprint density at radius 1 is 1.50 bits per heavy atom. The summed E-state index contributed by atoms with van der Waals surface area (Å²) < 4.78 is 27.2. The molecule has 0 aliphatic heterocycles. The summed E-state index contributed by atoms with van der Waals surface area (Å²) in [5.41, 5.74) is 6.67. The number of hydrogen-bond donors (Lipinski definition) is 3. The third-order valence-corrected chi connectivity index (χ3v) is 4.73. The molecule has 4 N–H and O–H groups in total. The van der Waals surface area contributed by atoms with E-state index in [1.165, 1.54) is 6.07 Å². The van der Waals surface area contributed by atoms with Crippen LogP contribution in [0.3, 0.4) is 0 Å². The van der Waals surface area contributed by atoms with E-state index < -0.39 is 16.1 Å². The minimum atomic E-state index is -3.59. The van der Waals surface area contributed by atoms with Crippen LogP contribution in [-0.4, -0.2) is 26.2 Å². The van der Waals surface area contributed by atoms with Crippen LogP contribution in [0.15, 0.2) is 21.5 Å². The van der Waals surface area contributed by atoms with Gasteiger partial charge in [-0.3, -0.25) is 0 Å². The van der Waals surface area contributed by atoms with Crippen molar-refractivity contribution in [2.75, 3.05) is 12.3 Å². The van der Waals surface area contributed by atoms with E-state index in [4.69, 9.17) is 10.8 Å². The molecular weight excluding hydrogens is 320 g/mol. The molecular formula is C11H17BrN2O3S. The number of rotatable bonds is 5. The molecule has 1 unspecified atom stereocenters. The lowest BCUT2D eigenvalue weighted by atomic mass is 10.2. The third kappa shape index (κ3) is 3.94. The van der Waals surface area contributed by atoms with E-state index in [-0.39, 0.29) is 11.4 Å². The summed E-state index contributed by atoms with van der Waals surface area (Å²) in [6.45, 7) is 3.50. The molecule has 0 heterocycles. The lowest BCUT2D eigenvalue weighted by molar-refractivity contribution is 0.186. The highest BCUT2D eigenvalue weighted by atomic mass is 79.9. The molecule has 1 aromatic rings. The molecule has 1 aromatic carbocycles. The molecule has 1 atom stereocenters. The van der Waals surface area contributed by atoms with Crippen molar-refractivity contribution >= 4 is 31.6 Å². The first-order chi connectivity index (χ1) is 8.24. The van der Waals surface area contributed by atoms with Gasteiger partial charge in [0.15, 0.2) is 0 Å². The fraction of sp³-hybridized carbons (Fsp3) is 0.455. The zero-order valence-electron chi connectivity index (χ0n) is 10.3. The number of nitrogens with two attached hydrogens (primary N) is 1. The maximum atomic E-state index is 12.0. The number of aryl methyl sites for hydroxylation is 1. The van der Waals surface area contributed by atoms with Crippen molar-refractivity contribution in [3.8, 4) is 0 Å². The molecule has 0 radical (unpaired) electrons. The first kappa shape index (κ1) is 15.4. The number of nitrogens with one attached hydrogen (secondary N) is 1. The highest BCUT2D eigenvalue weighted by Crippen LogP contribution is 2.26. The number of nitrogen functional groups attached to an aromatic ring is 1. The largest absolute Gasteiger partial charge is 0.398 e. The van der Waals surface area contributed by atoms with Crippen LogP contribution >= 0.6 is 15.9 Å². The van der Waals surface area contributed by atoms with E-state index in [9.17, 15) is 8.42 Å². The van der Waals surface area contributed by atoms with Gasteiger partial charge in [0.25, 0.3) is 0 Å². The molecule has 0 fully saturated rings. The first-order valence-corrected chi connectivity index (χ1v) is 7.75. The zero-order chi connectivity index (χ0) is 13.9. The summed E-state index contributed by atoms with van der Waals surface area (Å²) in [4.78, 5) is 0.161. The zero-order valence-corrected chi connectivity index (χ0v) is 12.7. The Kier molecular flexibility index (Phi) is 5.15. The molecule has 7 heteroatoms. The van der Waals surface area contributed by atoms with E-state index in [1.807, 2.05) is 0 Å². The van der Waals surface area contributed by atoms with E-state index in [0.29, 0.717) is 22.1 Å². The summed E-state index contributed by atoms with van der Waals surface area (Å²) in [5, 5.41) is 9.09. The van der Waals surface area contributed by atoms with Crippen molar-refractivity contribution in [3.63, 3.8) is 0 Å². The van der Waals surface area contributed by atoms with Gasteiger partial charge in [0.2, 0.25) is 10.0 Å². The first-order valence-electron chi connectivity index (χ1n) is 5.47. The van der Waals surface area contributed by atoms with Crippen LogP contribution in [0.4, 0.5) is 5.69 Å². The van der Waals surface area contributed by atoms with Crippen LogP contribution in [0.5, 0.6) is 0 Å². The number of sulfonamides is 1. The van der Waals surface area contributed by atoms with Gasteiger partial charge in [0, 0.05) is 16.7 Å². The SMILES string of the molecule is Cc1cc(Br)c(N)cc1S(=O)(=O)NCCC(C)O. The Labute approximate surface area is 116 Å². The van der Waals surface area contributed by atoms with Crippen molar-refractivity contribution < 1.29 is 13.5 Å². The van der Waals surface area contributed by atoms with Gasteiger partial charge in [0.05, 0.1) is 11.0 Å². The minimum absolute atomic E-state index is 0.161. The normalized spacial score (nSPS) is 13.6. The average Bonchev–Trinajstić information content (AvgIpc) is 2.22. The Morgan fingerprint density at radius 2 is 2.11 bits per heavy atom. The predicted octanol–water partition coefficient (Wildman–Crippen LogP) is 1.39. The highest BCUT2D eigenvalue weighted by molar-refractivity contribution is 9.10. The van der Waals surface area contributed by atoms with Crippen LogP contribution in [-0.2, 0) is 10.0 Å². The topological polar surface area (TPSA) is 92.4 Å². The van der Waals surface area contributed by atoms with E-state index in [0.717, 1.165) is 0 Å². The summed E-state index contributed by atoms with van der Waals surface area (Å²) in [5.74, 6) is 0. The van der Waals surface area contributed by atoms with E-state index >= 15 is 0 Å². The lowest BCUT2D eigenvalue weighted by Crippen LogP contribution is -2.27. The number of benzene rings is 1. The van der Waals surface area contributed by atoms with Gasteiger partial charge in [-0.15, -0.1) is 0 Å².